The summed E-state index contributed by atoms with van der Waals surface area (Å²) in [7, 11) is 0. The van der Waals surface area contributed by atoms with Gasteiger partial charge in [-0.05, 0) is 24.0 Å². The van der Waals surface area contributed by atoms with Gasteiger partial charge in [0, 0.05) is 25.8 Å². The zero-order chi connectivity index (χ0) is 20.2. The molecule has 2 rings (SSSR count). The first-order valence-corrected chi connectivity index (χ1v) is 9.63. The number of carbonyl (C=O) groups excluding carboxylic acids is 4. The minimum absolute atomic E-state index is 0.00134. The SMILES string of the molecule is O=COCCCOCC(=O)NCc1ccc(CC(=O)C2CCCCC2=O)cc1. The molecule has 1 aromatic rings. The van der Waals surface area contributed by atoms with Crippen LogP contribution in [0.3, 0.4) is 0 Å². The number of Topliss-reactive ketones (excluding diaryl/α,β-unsaturated/α-hetero) is 2. The Morgan fingerprint density at radius 2 is 1.86 bits per heavy atom. The topological polar surface area (TPSA) is 98.8 Å². The Hall–Kier alpha value is -2.54. The van der Waals surface area contributed by atoms with E-state index >= 15 is 0 Å². The van der Waals surface area contributed by atoms with Gasteiger partial charge < -0.3 is 14.8 Å². The van der Waals surface area contributed by atoms with Gasteiger partial charge in [-0.15, -0.1) is 0 Å². The fraction of sp³-hybridized carbons (Fsp3) is 0.524. The molecule has 1 aliphatic rings. The highest BCUT2D eigenvalue weighted by molar-refractivity contribution is 6.03. The van der Waals surface area contributed by atoms with Crippen molar-refractivity contribution < 1.29 is 28.7 Å². The van der Waals surface area contributed by atoms with Crippen LogP contribution in [0.5, 0.6) is 0 Å². The van der Waals surface area contributed by atoms with Crippen molar-refractivity contribution in [2.45, 2.75) is 45.1 Å². The quantitative estimate of drug-likeness (QED) is 0.332. The highest BCUT2D eigenvalue weighted by atomic mass is 16.5. The third kappa shape index (κ3) is 7.60. The molecule has 0 spiro atoms. The van der Waals surface area contributed by atoms with E-state index in [-0.39, 0.29) is 37.1 Å². The number of hydrogen-bond acceptors (Lipinski definition) is 6. The second kappa shape index (κ2) is 12.0. The monoisotopic (exact) mass is 389 g/mol. The molecule has 0 radical (unpaired) electrons. The minimum Gasteiger partial charge on any atom is -0.468 e. The predicted molar refractivity (Wildman–Crippen MR) is 101 cm³/mol. The number of amides is 1. The summed E-state index contributed by atoms with van der Waals surface area (Å²) < 4.78 is 9.71. The molecule has 0 heterocycles. The molecule has 1 aromatic carbocycles. The van der Waals surface area contributed by atoms with Crippen molar-refractivity contribution in [2.24, 2.45) is 5.92 Å². The Kier molecular flexibility index (Phi) is 9.34. The van der Waals surface area contributed by atoms with Crippen molar-refractivity contribution >= 4 is 23.9 Å². The van der Waals surface area contributed by atoms with Crippen molar-refractivity contribution in [1.82, 2.24) is 5.32 Å². The van der Waals surface area contributed by atoms with Gasteiger partial charge in [-0.1, -0.05) is 30.7 Å². The molecule has 0 aliphatic heterocycles. The summed E-state index contributed by atoms with van der Waals surface area (Å²) in [6.45, 7) is 1.31. The average Bonchev–Trinajstić information content (AvgIpc) is 2.70. The molecular weight excluding hydrogens is 362 g/mol. The molecule has 1 unspecified atom stereocenters. The van der Waals surface area contributed by atoms with E-state index < -0.39 is 5.92 Å². The van der Waals surface area contributed by atoms with Crippen LogP contribution in [0.25, 0.3) is 0 Å². The number of hydrogen-bond donors (Lipinski definition) is 1. The van der Waals surface area contributed by atoms with Crippen LogP contribution in [0.15, 0.2) is 24.3 Å². The van der Waals surface area contributed by atoms with E-state index in [1.165, 1.54) is 0 Å². The van der Waals surface area contributed by atoms with Crippen molar-refractivity contribution in [3.63, 3.8) is 0 Å². The van der Waals surface area contributed by atoms with Gasteiger partial charge in [0.25, 0.3) is 6.47 Å². The van der Waals surface area contributed by atoms with Crippen LogP contribution < -0.4 is 5.32 Å². The zero-order valence-corrected chi connectivity index (χ0v) is 16.0. The van der Waals surface area contributed by atoms with E-state index in [2.05, 4.69) is 10.1 Å². The maximum Gasteiger partial charge on any atom is 0.293 e. The number of nitrogens with one attached hydrogen (secondary N) is 1. The fourth-order valence-corrected chi connectivity index (χ4v) is 3.13. The lowest BCUT2D eigenvalue weighted by Gasteiger charge is -2.19. The van der Waals surface area contributed by atoms with Gasteiger partial charge in [-0.3, -0.25) is 19.2 Å². The molecule has 0 saturated heterocycles. The third-order valence-electron chi connectivity index (χ3n) is 4.69. The van der Waals surface area contributed by atoms with E-state index in [9.17, 15) is 19.2 Å². The molecule has 1 fully saturated rings. The summed E-state index contributed by atoms with van der Waals surface area (Å²) in [6.07, 6.45) is 3.84. The summed E-state index contributed by atoms with van der Waals surface area (Å²) in [5.41, 5.74) is 1.79. The number of carbonyl (C=O) groups is 4. The van der Waals surface area contributed by atoms with Gasteiger partial charge in [-0.25, -0.2) is 0 Å². The molecule has 7 heteroatoms. The maximum atomic E-state index is 12.3. The number of benzene rings is 1. The molecule has 1 saturated carbocycles. The van der Waals surface area contributed by atoms with Crippen molar-refractivity contribution in [3.05, 3.63) is 35.4 Å². The van der Waals surface area contributed by atoms with Crippen LogP contribution in [0, 0.1) is 5.92 Å². The molecular formula is C21H27NO6. The fourth-order valence-electron chi connectivity index (χ4n) is 3.13. The summed E-state index contributed by atoms with van der Waals surface area (Å²) in [5.74, 6) is -0.584. The molecule has 1 aliphatic carbocycles. The lowest BCUT2D eigenvalue weighted by molar-refractivity contribution is -0.134. The van der Waals surface area contributed by atoms with Gasteiger partial charge >= 0.3 is 0 Å². The standard InChI is InChI=1S/C21H27NO6/c23-15-28-11-3-10-27-14-21(26)22-13-17-8-6-16(7-9-17)12-20(25)18-4-1-2-5-19(18)24/h6-9,15,18H,1-5,10-14H2,(H,22,26). The first-order chi connectivity index (χ1) is 13.6. The van der Waals surface area contributed by atoms with Crippen LogP contribution >= 0.6 is 0 Å². The second-order valence-corrected chi connectivity index (χ2v) is 6.87. The molecule has 0 bridgehead atoms. The Balaban J connectivity index is 1.67. The van der Waals surface area contributed by atoms with Gasteiger partial charge in [0.15, 0.2) is 0 Å². The first kappa shape index (κ1) is 21.8. The highest BCUT2D eigenvalue weighted by Crippen LogP contribution is 2.22. The lowest BCUT2D eigenvalue weighted by atomic mass is 9.83. The van der Waals surface area contributed by atoms with E-state index in [0.717, 1.165) is 24.0 Å². The van der Waals surface area contributed by atoms with E-state index in [1.807, 2.05) is 24.3 Å². The van der Waals surface area contributed by atoms with Crippen LogP contribution in [0.2, 0.25) is 0 Å². The zero-order valence-electron chi connectivity index (χ0n) is 16.0. The van der Waals surface area contributed by atoms with Gasteiger partial charge in [0.2, 0.25) is 5.91 Å². The smallest absolute Gasteiger partial charge is 0.293 e. The predicted octanol–water partition coefficient (Wildman–Crippen LogP) is 1.75. The molecule has 28 heavy (non-hydrogen) atoms. The Morgan fingerprint density at radius 3 is 2.57 bits per heavy atom. The molecule has 0 aromatic heterocycles. The normalized spacial score (nSPS) is 16.4. The van der Waals surface area contributed by atoms with Gasteiger partial charge in [0.1, 0.15) is 18.2 Å². The molecule has 1 atom stereocenters. The number of rotatable bonds is 12. The van der Waals surface area contributed by atoms with Crippen LogP contribution in [0.4, 0.5) is 0 Å². The van der Waals surface area contributed by atoms with Crippen molar-refractivity contribution in [3.8, 4) is 0 Å². The van der Waals surface area contributed by atoms with Crippen molar-refractivity contribution in [2.75, 3.05) is 19.8 Å². The van der Waals surface area contributed by atoms with Gasteiger partial charge in [0.05, 0.1) is 19.1 Å². The average molecular weight is 389 g/mol. The first-order valence-electron chi connectivity index (χ1n) is 9.63. The van der Waals surface area contributed by atoms with E-state index in [4.69, 9.17) is 4.74 Å². The largest absolute Gasteiger partial charge is 0.468 e. The molecule has 7 nitrogen and oxygen atoms in total. The number of ketones is 2. The van der Waals surface area contributed by atoms with Gasteiger partial charge in [-0.2, -0.15) is 0 Å². The van der Waals surface area contributed by atoms with Crippen LogP contribution in [0.1, 0.15) is 43.2 Å². The van der Waals surface area contributed by atoms with E-state index in [1.54, 1.807) is 0 Å². The number of ether oxygens (including phenoxy) is 2. The summed E-state index contributed by atoms with van der Waals surface area (Å²) in [4.78, 5) is 45.9. The Morgan fingerprint density at radius 1 is 1.11 bits per heavy atom. The Labute approximate surface area is 164 Å². The van der Waals surface area contributed by atoms with E-state index in [0.29, 0.717) is 38.9 Å². The second-order valence-electron chi connectivity index (χ2n) is 6.87. The third-order valence-corrected chi connectivity index (χ3v) is 4.69. The molecule has 1 N–H and O–H groups in total. The molecule has 152 valence electrons. The maximum absolute atomic E-state index is 12.3. The van der Waals surface area contributed by atoms with Crippen molar-refractivity contribution in [1.29, 1.82) is 0 Å². The summed E-state index contributed by atoms with van der Waals surface area (Å²) >= 11 is 0. The Bertz CT molecular complexity index is 670. The molecule has 1 amide bonds. The van der Waals surface area contributed by atoms with Crippen LogP contribution in [-0.4, -0.2) is 43.8 Å². The lowest BCUT2D eigenvalue weighted by Crippen LogP contribution is -2.28. The summed E-state index contributed by atoms with van der Waals surface area (Å²) in [6, 6.07) is 7.44. The minimum atomic E-state index is -0.433. The van der Waals surface area contributed by atoms with Crippen LogP contribution in [-0.2, 0) is 41.6 Å². The summed E-state index contributed by atoms with van der Waals surface area (Å²) in [5, 5.41) is 2.76. The highest BCUT2D eigenvalue weighted by Gasteiger charge is 2.28.